The van der Waals surface area contributed by atoms with Crippen molar-refractivity contribution in [1.82, 2.24) is 5.32 Å². The quantitative estimate of drug-likeness (QED) is 0.709. The molecule has 0 aromatic carbocycles. The van der Waals surface area contributed by atoms with Crippen molar-refractivity contribution in [3.05, 3.63) is 0 Å². The average molecular weight is 185 g/mol. The van der Waals surface area contributed by atoms with Gasteiger partial charge in [0.1, 0.15) is 0 Å². The highest BCUT2D eigenvalue weighted by Crippen LogP contribution is 2.18. The van der Waals surface area contributed by atoms with Crippen molar-refractivity contribution in [3.63, 3.8) is 0 Å². The number of rotatable bonds is 5. The van der Waals surface area contributed by atoms with Crippen molar-refractivity contribution in [1.29, 1.82) is 0 Å². The van der Waals surface area contributed by atoms with Gasteiger partial charge >= 0.3 is 0 Å². The van der Waals surface area contributed by atoms with Crippen LogP contribution in [0.5, 0.6) is 0 Å². The first-order valence-electron chi connectivity index (χ1n) is 5.57. The first-order chi connectivity index (χ1) is 6.22. The second-order valence-corrected chi connectivity index (χ2v) is 4.34. The van der Waals surface area contributed by atoms with Gasteiger partial charge in [0, 0.05) is 12.6 Å². The van der Waals surface area contributed by atoms with Gasteiger partial charge in [0.15, 0.2) is 0 Å². The number of hydrogen-bond donors (Lipinski definition) is 1. The molecule has 0 amide bonds. The molecule has 1 fully saturated rings. The topological polar surface area (TPSA) is 21.3 Å². The maximum Gasteiger partial charge on any atom is 0.0551 e. The summed E-state index contributed by atoms with van der Waals surface area (Å²) in [6.45, 7) is 8.75. The second kappa shape index (κ2) is 5.61. The molecule has 0 aromatic heterocycles. The van der Waals surface area contributed by atoms with Crippen molar-refractivity contribution in [2.75, 3.05) is 13.2 Å². The molecule has 0 spiro atoms. The zero-order chi connectivity index (χ0) is 9.68. The SMILES string of the molecule is CCCC(C)NCC1COC(C)C1. The van der Waals surface area contributed by atoms with Crippen molar-refractivity contribution in [2.24, 2.45) is 5.92 Å². The zero-order valence-electron chi connectivity index (χ0n) is 9.18. The lowest BCUT2D eigenvalue weighted by atomic mass is 10.1. The van der Waals surface area contributed by atoms with E-state index in [1.165, 1.54) is 19.3 Å². The second-order valence-electron chi connectivity index (χ2n) is 4.34. The highest BCUT2D eigenvalue weighted by atomic mass is 16.5. The minimum atomic E-state index is 0.480. The maximum atomic E-state index is 5.52. The molecule has 1 saturated heterocycles. The van der Waals surface area contributed by atoms with Gasteiger partial charge in [-0.25, -0.2) is 0 Å². The Bertz CT molecular complexity index is 138. The van der Waals surface area contributed by atoms with Crippen molar-refractivity contribution in [2.45, 2.75) is 52.2 Å². The Labute approximate surface area is 82.0 Å². The van der Waals surface area contributed by atoms with Crippen LogP contribution in [0.1, 0.15) is 40.0 Å². The molecule has 0 saturated carbocycles. The first-order valence-corrected chi connectivity index (χ1v) is 5.57. The van der Waals surface area contributed by atoms with Crippen LogP contribution in [0.25, 0.3) is 0 Å². The highest BCUT2D eigenvalue weighted by molar-refractivity contribution is 4.73. The first kappa shape index (κ1) is 11.0. The summed E-state index contributed by atoms with van der Waals surface area (Å²) < 4.78 is 5.52. The number of hydrogen-bond acceptors (Lipinski definition) is 2. The Balaban J connectivity index is 2.05. The fourth-order valence-corrected chi connectivity index (χ4v) is 1.95. The van der Waals surface area contributed by atoms with Crippen molar-refractivity contribution < 1.29 is 4.74 Å². The summed E-state index contributed by atoms with van der Waals surface area (Å²) in [4.78, 5) is 0. The Kier molecular flexibility index (Phi) is 4.74. The summed E-state index contributed by atoms with van der Waals surface area (Å²) in [6.07, 6.45) is 4.26. The van der Waals surface area contributed by atoms with Gasteiger partial charge in [0.2, 0.25) is 0 Å². The lowest BCUT2D eigenvalue weighted by Crippen LogP contribution is -2.31. The Hall–Kier alpha value is -0.0800. The van der Waals surface area contributed by atoms with Crippen LogP contribution >= 0.6 is 0 Å². The Morgan fingerprint density at radius 2 is 2.31 bits per heavy atom. The molecule has 1 N–H and O–H groups in total. The molecule has 13 heavy (non-hydrogen) atoms. The summed E-state index contributed by atoms with van der Waals surface area (Å²) in [6, 6.07) is 0.668. The van der Waals surface area contributed by atoms with Crippen LogP contribution in [0.4, 0.5) is 0 Å². The third kappa shape index (κ3) is 4.10. The van der Waals surface area contributed by atoms with Crippen LogP contribution in [0.15, 0.2) is 0 Å². The minimum absolute atomic E-state index is 0.480. The molecular formula is C11H23NO. The molecule has 3 unspecified atom stereocenters. The molecule has 0 aromatic rings. The van der Waals surface area contributed by atoms with Crippen LogP contribution in [0.2, 0.25) is 0 Å². The van der Waals surface area contributed by atoms with Gasteiger partial charge in [0.05, 0.1) is 12.7 Å². The van der Waals surface area contributed by atoms with Gasteiger partial charge in [-0.1, -0.05) is 13.3 Å². The molecule has 3 atom stereocenters. The fraction of sp³-hybridized carbons (Fsp3) is 1.00. The van der Waals surface area contributed by atoms with Crippen LogP contribution in [-0.2, 0) is 4.74 Å². The molecule has 0 aliphatic carbocycles. The van der Waals surface area contributed by atoms with Gasteiger partial charge in [-0.2, -0.15) is 0 Å². The van der Waals surface area contributed by atoms with E-state index < -0.39 is 0 Å². The summed E-state index contributed by atoms with van der Waals surface area (Å²) in [5.74, 6) is 0.745. The van der Waals surface area contributed by atoms with E-state index in [2.05, 4.69) is 26.1 Å². The van der Waals surface area contributed by atoms with E-state index in [1.807, 2.05) is 0 Å². The van der Waals surface area contributed by atoms with E-state index in [0.717, 1.165) is 19.1 Å². The predicted octanol–water partition coefficient (Wildman–Crippen LogP) is 2.19. The molecular weight excluding hydrogens is 162 g/mol. The van der Waals surface area contributed by atoms with Gasteiger partial charge in [0.25, 0.3) is 0 Å². The summed E-state index contributed by atoms with van der Waals surface area (Å²) >= 11 is 0. The third-order valence-electron chi connectivity index (χ3n) is 2.76. The maximum absolute atomic E-state index is 5.52. The number of nitrogens with one attached hydrogen (secondary N) is 1. The minimum Gasteiger partial charge on any atom is -0.378 e. The van der Waals surface area contributed by atoms with Gasteiger partial charge < -0.3 is 10.1 Å². The van der Waals surface area contributed by atoms with Crippen LogP contribution in [-0.4, -0.2) is 25.3 Å². The van der Waals surface area contributed by atoms with Crippen molar-refractivity contribution in [3.8, 4) is 0 Å². The monoisotopic (exact) mass is 185 g/mol. The Morgan fingerprint density at radius 3 is 2.85 bits per heavy atom. The van der Waals surface area contributed by atoms with Gasteiger partial charge in [-0.05, 0) is 32.6 Å². The average Bonchev–Trinajstić information content (AvgIpc) is 2.49. The summed E-state index contributed by atoms with van der Waals surface area (Å²) in [5, 5.41) is 3.57. The summed E-state index contributed by atoms with van der Waals surface area (Å²) in [7, 11) is 0. The van der Waals surface area contributed by atoms with Gasteiger partial charge in [-0.15, -0.1) is 0 Å². The van der Waals surface area contributed by atoms with Crippen LogP contribution < -0.4 is 5.32 Å². The van der Waals surface area contributed by atoms with E-state index in [0.29, 0.717) is 12.1 Å². The number of ether oxygens (including phenoxy) is 1. The van der Waals surface area contributed by atoms with Crippen molar-refractivity contribution >= 4 is 0 Å². The normalized spacial score (nSPS) is 30.7. The van der Waals surface area contributed by atoms with E-state index in [-0.39, 0.29) is 0 Å². The molecule has 0 bridgehead atoms. The predicted molar refractivity (Wildman–Crippen MR) is 55.9 cm³/mol. The molecule has 2 heteroatoms. The molecule has 1 aliphatic heterocycles. The van der Waals surface area contributed by atoms with Crippen LogP contribution in [0, 0.1) is 5.92 Å². The standard InChI is InChI=1S/C11H23NO/c1-4-5-9(2)12-7-11-6-10(3)13-8-11/h9-12H,4-8H2,1-3H3. The molecule has 0 radical (unpaired) electrons. The lowest BCUT2D eigenvalue weighted by Gasteiger charge is -2.15. The van der Waals surface area contributed by atoms with E-state index in [9.17, 15) is 0 Å². The zero-order valence-corrected chi connectivity index (χ0v) is 9.18. The van der Waals surface area contributed by atoms with E-state index in [1.54, 1.807) is 0 Å². The molecule has 1 aliphatic rings. The molecule has 1 heterocycles. The van der Waals surface area contributed by atoms with Gasteiger partial charge in [-0.3, -0.25) is 0 Å². The molecule has 78 valence electrons. The van der Waals surface area contributed by atoms with Crippen LogP contribution in [0.3, 0.4) is 0 Å². The summed E-state index contributed by atoms with van der Waals surface area (Å²) in [5.41, 5.74) is 0. The fourth-order valence-electron chi connectivity index (χ4n) is 1.95. The smallest absolute Gasteiger partial charge is 0.0551 e. The Morgan fingerprint density at radius 1 is 1.54 bits per heavy atom. The van der Waals surface area contributed by atoms with E-state index in [4.69, 9.17) is 4.74 Å². The largest absolute Gasteiger partial charge is 0.378 e. The lowest BCUT2D eigenvalue weighted by molar-refractivity contribution is 0.120. The third-order valence-corrected chi connectivity index (χ3v) is 2.76. The molecule has 2 nitrogen and oxygen atoms in total. The van der Waals surface area contributed by atoms with E-state index >= 15 is 0 Å². The molecule has 1 rings (SSSR count). The highest BCUT2D eigenvalue weighted by Gasteiger charge is 2.21.